The second-order valence-corrected chi connectivity index (χ2v) is 6.01. The third kappa shape index (κ3) is 3.87. The lowest BCUT2D eigenvalue weighted by atomic mass is 10.1. The van der Waals surface area contributed by atoms with Crippen LogP contribution in [0.1, 0.15) is 35.2 Å². The summed E-state index contributed by atoms with van der Waals surface area (Å²) in [6, 6.07) is 3.72. The number of hydrogen-bond donors (Lipinski definition) is 2. The number of carbonyl (C=O) groups excluding carboxylic acids is 1. The van der Waals surface area contributed by atoms with Gasteiger partial charge in [-0.05, 0) is 37.5 Å². The van der Waals surface area contributed by atoms with E-state index in [0.717, 1.165) is 32.4 Å². The number of nitrogens with zero attached hydrogens (tertiary/aromatic N) is 2. The molecule has 2 aromatic heterocycles. The van der Waals surface area contributed by atoms with Crippen molar-refractivity contribution in [3.8, 4) is 0 Å². The van der Waals surface area contributed by atoms with Crippen molar-refractivity contribution >= 4 is 17.4 Å². The first-order chi connectivity index (χ1) is 12.4. The standard InChI is InChI=1S/C17H17F3N4O2/c18-17(19,20)11-9-13(16(26)22-10-11)23-15(25)12-5-4-6-21-14(12)24-7-2-1-3-8-24/h4-6,9-10H,1-3,7-8H2,(H,22,26)(H,23,25). The lowest BCUT2D eigenvalue weighted by Crippen LogP contribution is -2.32. The van der Waals surface area contributed by atoms with Gasteiger partial charge in [-0.15, -0.1) is 0 Å². The van der Waals surface area contributed by atoms with Crippen molar-refractivity contribution in [2.45, 2.75) is 25.4 Å². The molecule has 0 bridgehead atoms. The maximum atomic E-state index is 12.8. The first-order valence-corrected chi connectivity index (χ1v) is 8.17. The van der Waals surface area contributed by atoms with Crippen LogP contribution >= 0.6 is 0 Å². The number of pyridine rings is 2. The van der Waals surface area contributed by atoms with Gasteiger partial charge in [0, 0.05) is 25.5 Å². The highest BCUT2D eigenvalue weighted by Crippen LogP contribution is 2.29. The molecular formula is C17H17F3N4O2. The topological polar surface area (TPSA) is 78.1 Å². The highest BCUT2D eigenvalue weighted by atomic mass is 19.4. The molecule has 6 nitrogen and oxygen atoms in total. The van der Waals surface area contributed by atoms with Crippen LogP contribution in [-0.4, -0.2) is 29.0 Å². The van der Waals surface area contributed by atoms with Crippen molar-refractivity contribution < 1.29 is 18.0 Å². The van der Waals surface area contributed by atoms with Gasteiger partial charge < -0.3 is 15.2 Å². The number of aromatic nitrogens is 2. The summed E-state index contributed by atoms with van der Waals surface area (Å²) < 4.78 is 38.4. The largest absolute Gasteiger partial charge is 0.417 e. The number of carbonyl (C=O) groups is 1. The molecular weight excluding hydrogens is 349 g/mol. The van der Waals surface area contributed by atoms with Gasteiger partial charge in [0.2, 0.25) is 0 Å². The van der Waals surface area contributed by atoms with Gasteiger partial charge in [-0.3, -0.25) is 9.59 Å². The van der Waals surface area contributed by atoms with Crippen molar-refractivity contribution in [2.24, 2.45) is 0 Å². The molecule has 1 aliphatic heterocycles. The molecule has 1 saturated heterocycles. The monoisotopic (exact) mass is 366 g/mol. The Kier molecular flexibility index (Phi) is 4.97. The third-order valence-electron chi connectivity index (χ3n) is 4.17. The molecule has 0 unspecified atom stereocenters. The number of anilines is 2. The molecule has 2 N–H and O–H groups in total. The quantitative estimate of drug-likeness (QED) is 0.875. The van der Waals surface area contributed by atoms with Crippen LogP contribution in [-0.2, 0) is 6.18 Å². The maximum Gasteiger partial charge on any atom is 0.417 e. The molecule has 9 heteroatoms. The summed E-state index contributed by atoms with van der Waals surface area (Å²) in [6.07, 6.45) is 0.552. The Morgan fingerprint density at radius 2 is 1.96 bits per heavy atom. The maximum absolute atomic E-state index is 12.8. The molecule has 0 aromatic carbocycles. The van der Waals surface area contributed by atoms with Gasteiger partial charge in [0.1, 0.15) is 11.5 Å². The van der Waals surface area contributed by atoms with E-state index in [1.54, 1.807) is 12.3 Å². The van der Waals surface area contributed by atoms with Gasteiger partial charge in [0.05, 0.1) is 11.1 Å². The lowest BCUT2D eigenvalue weighted by Gasteiger charge is -2.29. The second-order valence-electron chi connectivity index (χ2n) is 6.01. The molecule has 3 heterocycles. The summed E-state index contributed by atoms with van der Waals surface area (Å²) in [5.41, 5.74) is -2.10. The Labute approximate surface area is 147 Å². The lowest BCUT2D eigenvalue weighted by molar-refractivity contribution is -0.137. The summed E-state index contributed by atoms with van der Waals surface area (Å²) in [5.74, 6) is -0.211. The molecule has 0 atom stereocenters. The Balaban J connectivity index is 1.88. The van der Waals surface area contributed by atoms with Crippen molar-refractivity contribution in [1.29, 1.82) is 0 Å². The van der Waals surface area contributed by atoms with Crippen LogP contribution in [0.25, 0.3) is 0 Å². The number of alkyl halides is 3. The normalized spacial score (nSPS) is 15.0. The zero-order chi connectivity index (χ0) is 18.7. The van der Waals surface area contributed by atoms with E-state index in [1.807, 2.05) is 9.88 Å². The van der Waals surface area contributed by atoms with Crippen LogP contribution in [0.5, 0.6) is 0 Å². The number of halogens is 3. The van der Waals surface area contributed by atoms with Crippen LogP contribution in [0.3, 0.4) is 0 Å². The molecule has 0 aliphatic carbocycles. The van der Waals surface area contributed by atoms with Crippen LogP contribution in [0.2, 0.25) is 0 Å². The van der Waals surface area contributed by atoms with E-state index in [0.29, 0.717) is 18.1 Å². The Morgan fingerprint density at radius 1 is 1.23 bits per heavy atom. The van der Waals surface area contributed by atoms with Crippen molar-refractivity contribution in [3.05, 3.63) is 52.1 Å². The molecule has 26 heavy (non-hydrogen) atoms. The molecule has 1 fully saturated rings. The first-order valence-electron chi connectivity index (χ1n) is 8.17. The zero-order valence-corrected chi connectivity index (χ0v) is 13.8. The first kappa shape index (κ1) is 18.0. The minimum absolute atomic E-state index is 0.214. The van der Waals surface area contributed by atoms with Crippen molar-refractivity contribution in [2.75, 3.05) is 23.3 Å². The number of aromatic amines is 1. The molecule has 0 saturated carbocycles. The zero-order valence-electron chi connectivity index (χ0n) is 13.8. The number of amides is 1. The Bertz CT molecular complexity index is 858. The molecule has 3 rings (SSSR count). The van der Waals surface area contributed by atoms with Crippen LogP contribution in [0, 0.1) is 0 Å². The predicted molar refractivity (Wildman–Crippen MR) is 90.3 cm³/mol. The number of nitrogens with one attached hydrogen (secondary N) is 2. The minimum atomic E-state index is -4.63. The fraction of sp³-hybridized carbons (Fsp3) is 0.353. The van der Waals surface area contributed by atoms with Gasteiger partial charge in [0.25, 0.3) is 11.5 Å². The van der Waals surface area contributed by atoms with Crippen LogP contribution in [0.15, 0.2) is 35.4 Å². The van der Waals surface area contributed by atoms with E-state index in [1.165, 1.54) is 6.07 Å². The van der Waals surface area contributed by atoms with E-state index >= 15 is 0 Å². The molecule has 138 valence electrons. The molecule has 0 radical (unpaired) electrons. The number of hydrogen-bond acceptors (Lipinski definition) is 4. The second kappa shape index (κ2) is 7.19. The van der Waals surface area contributed by atoms with E-state index < -0.39 is 28.9 Å². The Hall–Kier alpha value is -2.84. The summed E-state index contributed by atoms with van der Waals surface area (Å²) in [7, 11) is 0. The SMILES string of the molecule is O=C(Nc1cc(C(F)(F)F)c[nH]c1=O)c1cccnc1N1CCCCC1. The summed E-state index contributed by atoms with van der Waals surface area (Å²) in [6.45, 7) is 1.50. The van der Waals surface area contributed by atoms with E-state index in [2.05, 4.69) is 10.3 Å². The molecule has 1 aliphatic rings. The third-order valence-corrected chi connectivity index (χ3v) is 4.17. The van der Waals surface area contributed by atoms with Gasteiger partial charge in [-0.25, -0.2) is 4.98 Å². The molecule has 2 aromatic rings. The summed E-state index contributed by atoms with van der Waals surface area (Å²) >= 11 is 0. The fourth-order valence-corrected chi connectivity index (χ4v) is 2.86. The molecule has 1 amide bonds. The number of rotatable bonds is 3. The average molecular weight is 366 g/mol. The molecule has 0 spiro atoms. The van der Waals surface area contributed by atoms with Crippen molar-refractivity contribution in [3.63, 3.8) is 0 Å². The Morgan fingerprint density at radius 3 is 2.65 bits per heavy atom. The summed E-state index contributed by atoms with van der Waals surface area (Å²) in [4.78, 5) is 32.6. The minimum Gasteiger partial charge on any atom is -0.356 e. The van der Waals surface area contributed by atoms with E-state index in [-0.39, 0.29) is 5.56 Å². The van der Waals surface area contributed by atoms with Crippen molar-refractivity contribution in [1.82, 2.24) is 9.97 Å². The number of H-pyrrole nitrogens is 1. The smallest absolute Gasteiger partial charge is 0.356 e. The fourth-order valence-electron chi connectivity index (χ4n) is 2.86. The van der Waals surface area contributed by atoms with Gasteiger partial charge >= 0.3 is 6.18 Å². The van der Waals surface area contributed by atoms with Gasteiger partial charge in [-0.2, -0.15) is 13.2 Å². The van der Waals surface area contributed by atoms with Crippen LogP contribution < -0.4 is 15.8 Å². The van der Waals surface area contributed by atoms with E-state index in [9.17, 15) is 22.8 Å². The predicted octanol–water partition coefficient (Wildman–Crippen LogP) is 3.03. The highest BCUT2D eigenvalue weighted by molar-refractivity contribution is 6.07. The number of piperidine rings is 1. The van der Waals surface area contributed by atoms with Gasteiger partial charge in [-0.1, -0.05) is 0 Å². The highest BCUT2D eigenvalue weighted by Gasteiger charge is 2.31. The summed E-state index contributed by atoms with van der Waals surface area (Å²) in [5, 5.41) is 2.27. The average Bonchev–Trinajstić information content (AvgIpc) is 2.63. The van der Waals surface area contributed by atoms with Crippen LogP contribution in [0.4, 0.5) is 24.7 Å². The van der Waals surface area contributed by atoms with Gasteiger partial charge in [0.15, 0.2) is 0 Å². The van der Waals surface area contributed by atoms with E-state index in [4.69, 9.17) is 0 Å².